The molecule has 0 saturated heterocycles. The lowest BCUT2D eigenvalue weighted by Crippen LogP contribution is -2.29. The zero-order valence-electron chi connectivity index (χ0n) is 10.2. The van der Waals surface area contributed by atoms with E-state index in [4.69, 9.17) is 9.84 Å². The van der Waals surface area contributed by atoms with Gasteiger partial charge in [0.15, 0.2) is 0 Å². The number of thiophene rings is 1. The number of aliphatic hydroxyl groups is 1. The Morgan fingerprint density at radius 3 is 2.88 bits per heavy atom. The van der Waals surface area contributed by atoms with Crippen molar-refractivity contribution in [3.63, 3.8) is 0 Å². The Kier molecular flexibility index (Phi) is 5.25. The van der Waals surface area contributed by atoms with Crippen LogP contribution in [0.1, 0.15) is 25.1 Å². The molecule has 16 heavy (non-hydrogen) atoms. The Morgan fingerprint density at radius 2 is 2.25 bits per heavy atom. The Hall–Kier alpha value is -0.580. The van der Waals surface area contributed by atoms with Crippen molar-refractivity contribution in [2.75, 3.05) is 20.3 Å². The van der Waals surface area contributed by atoms with E-state index in [0.29, 0.717) is 0 Å². The molecule has 1 rings (SSSR count). The van der Waals surface area contributed by atoms with Gasteiger partial charge in [-0.2, -0.15) is 0 Å². The first-order valence-electron chi connectivity index (χ1n) is 5.51. The highest BCUT2D eigenvalue weighted by molar-refractivity contribution is 7.10. The average molecular weight is 243 g/mol. The molecular weight excluding hydrogens is 222 g/mol. The molecule has 0 spiro atoms. The summed E-state index contributed by atoms with van der Waals surface area (Å²) in [6, 6.07) is 1.99. The van der Waals surface area contributed by atoms with Crippen LogP contribution >= 0.6 is 11.3 Å². The SMILES string of the molecule is COc1ccsc1CNCC(C)(C)CCO. The minimum atomic E-state index is 0.138. The standard InChI is InChI=1S/C12H21NO2S/c1-12(2,5-6-14)9-13-8-11-10(15-3)4-7-16-11/h4,7,13-14H,5-6,8-9H2,1-3H3. The fraction of sp³-hybridized carbons (Fsp3) is 0.667. The topological polar surface area (TPSA) is 41.5 Å². The maximum Gasteiger partial charge on any atom is 0.134 e. The van der Waals surface area contributed by atoms with Gasteiger partial charge in [0.25, 0.3) is 0 Å². The molecule has 0 aromatic carbocycles. The van der Waals surface area contributed by atoms with Crippen LogP contribution in [0, 0.1) is 5.41 Å². The fourth-order valence-corrected chi connectivity index (χ4v) is 2.35. The molecule has 4 heteroatoms. The molecule has 0 unspecified atom stereocenters. The van der Waals surface area contributed by atoms with Crippen molar-refractivity contribution < 1.29 is 9.84 Å². The van der Waals surface area contributed by atoms with Crippen LogP contribution in [0.25, 0.3) is 0 Å². The van der Waals surface area contributed by atoms with Gasteiger partial charge in [0.2, 0.25) is 0 Å². The summed E-state index contributed by atoms with van der Waals surface area (Å²) in [7, 11) is 1.70. The van der Waals surface area contributed by atoms with Crippen LogP contribution in [0.3, 0.4) is 0 Å². The van der Waals surface area contributed by atoms with Gasteiger partial charge in [-0.15, -0.1) is 11.3 Å². The van der Waals surface area contributed by atoms with Crippen LogP contribution in [0.15, 0.2) is 11.4 Å². The molecule has 1 aromatic heterocycles. The number of methoxy groups -OCH3 is 1. The first-order chi connectivity index (χ1) is 7.59. The van der Waals surface area contributed by atoms with Crippen LogP contribution in [0.4, 0.5) is 0 Å². The van der Waals surface area contributed by atoms with Crippen LogP contribution in [0.5, 0.6) is 5.75 Å². The summed E-state index contributed by atoms with van der Waals surface area (Å²) >= 11 is 1.70. The number of hydrogen-bond acceptors (Lipinski definition) is 4. The largest absolute Gasteiger partial charge is 0.496 e. The van der Waals surface area contributed by atoms with E-state index in [1.807, 2.05) is 11.4 Å². The van der Waals surface area contributed by atoms with Gasteiger partial charge in [0, 0.05) is 19.7 Å². The van der Waals surface area contributed by atoms with E-state index in [0.717, 1.165) is 25.3 Å². The van der Waals surface area contributed by atoms with Crippen LogP contribution < -0.4 is 10.1 Å². The third-order valence-corrected chi connectivity index (χ3v) is 3.50. The maximum absolute atomic E-state index is 8.92. The molecule has 0 aliphatic carbocycles. The van der Waals surface area contributed by atoms with Crippen molar-refractivity contribution in [2.45, 2.75) is 26.8 Å². The summed E-state index contributed by atoms with van der Waals surface area (Å²) in [4.78, 5) is 1.22. The predicted octanol–water partition coefficient (Wildman–Crippen LogP) is 2.25. The lowest BCUT2D eigenvalue weighted by Gasteiger charge is -2.23. The van der Waals surface area contributed by atoms with Crippen LogP contribution in [-0.2, 0) is 6.54 Å². The normalized spacial score (nSPS) is 11.8. The average Bonchev–Trinajstić information content (AvgIpc) is 2.64. The van der Waals surface area contributed by atoms with Crippen LogP contribution in [-0.4, -0.2) is 25.4 Å². The van der Waals surface area contributed by atoms with Gasteiger partial charge in [0.1, 0.15) is 5.75 Å². The van der Waals surface area contributed by atoms with Crippen molar-refractivity contribution in [2.24, 2.45) is 5.41 Å². The molecule has 0 atom stereocenters. The molecule has 0 aliphatic heterocycles. The second kappa shape index (κ2) is 6.23. The highest BCUT2D eigenvalue weighted by Gasteiger charge is 2.16. The van der Waals surface area contributed by atoms with E-state index < -0.39 is 0 Å². The molecule has 0 fully saturated rings. The minimum Gasteiger partial charge on any atom is -0.496 e. The monoisotopic (exact) mass is 243 g/mol. The summed E-state index contributed by atoms with van der Waals surface area (Å²) in [6.07, 6.45) is 0.821. The van der Waals surface area contributed by atoms with Crippen molar-refractivity contribution in [3.05, 3.63) is 16.3 Å². The van der Waals surface area contributed by atoms with E-state index in [9.17, 15) is 0 Å². The Morgan fingerprint density at radius 1 is 1.50 bits per heavy atom. The number of rotatable bonds is 7. The Bertz CT molecular complexity index is 310. The van der Waals surface area contributed by atoms with Gasteiger partial charge in [-0.1, -0.05) is 13.8 Å². The van der Waals surface area contributed by atoms with E-state index in [2.05, 4.69) is 19.2 Å². The Labute approximate surface area is 101 Å². The summed E-state index contributed by atoms with van der Waals surface area (Å²) in [5.41, 5.74) is 0.138. The molecule has 3 nitrogen and oxygen atoms in total. The summed E-state index contributed by atoms with van der Waals surface area (Å²) in [5.74, 6) is 0.956. The number of nitrogens with one attached hydrogen (secondary N) is 1. The van der Waals surface area contributed by atoms with Crippen molar-refractivity contribution in [3.8, 4) is 5.75 Å². The van der Waals surface area contributed by atoms with Crippen molar-refractivity contribution >= 4 is 11.3 Å². The van der Waals surface area contributed by atoms with E-state index in [1.165, 1.54) is 4.88 Å². The summed E-state index contributed by atoms with van der Waals surface area (Å²) in [5, 5.41) is 14.4. The predicted molar refractivity (Wildman–Crippen MR) is 68.1 cm³/mol. The number of ether oxygens (including phenoxy) is 1. The van der Waals surface area contributed by atoms with Gasteiger partial charge in [-0.25, -0.2) is 0 Å². The van der Waals surface area contributed by atoms with Gasteiger partial charge in [-0.3, -0.25) is 0 Å². The number of hydrogen-bond donors (Lipinski definition) is 2. The first kappa shape index (κ1) is 13.5. The molecule has 0 radical (unpaired) electrons. The van der Waals surface area contributed by atoms with Crippen molar-refractivity contribution in [1.29, 1.82) is 0 Å². The molecule has 1 aromatic rings. The molecular formula is C12H21NO2S. The number of aliphatic hydroxyl groups excluding tert-OH is 1. The first-order valence-corrected chi connectivity index (χ1v) is 6.39. The third kappa shape index (κ3) is 4.12. The molecule has 1 heterocycles. The molecule has 2 N–H and O–H groups in total. The maximum atomic E-state index is 8.92. The highest BCUT2D eigenvalue weighted by atomic mass is 32.1. The van der Waals surface area contributed by atoms with Gasteiger partial charge >= 0.3 is 0 Å². The molecule has 0 amide bonds. The van der Waals surface area contributed by atoms with Crippen molar-refractivity contribution in [1.82, 2.24) is 5.32 Å². The molecule has 0 bridgehead atoms. The van der Waals surface area contributed by atoms with Gasteiger partial charge in [-0.05, 0) is 23.3 Å². The molecule has 92 valence electrons. The quantitative estimate of drug-likeness (QED) is 0.772. The minimum absolute atomic E-state index is 0.138. The van der Waals surface area contributed by atoms with Crippen LogP contribution in [0.2, 0.25) is 0 Å². The van der Waals surface area contributed by atoms with E-state index in [-0.39, 0.29) is 12.0 Å². The van der Waals surface area contributed by atoms with Gasteiger partial charge in [0.05, 0.1) is 12.0 Å². The summed E-state index contributed by atoms with van der Waals surface area (Å²) < 4.78 is 5.25. The summed E-state index contributed by atoms with van der Waals surface area (Å²) in [6.45, 7) is 6.28. The smallest absolute Gasteiger partial charge is 0.134 e. The molecule has 0 saturated carbocycles. The lowest BCUT2D eigenvalue weighted by atomic mass is 9.90. The second-order valence-electron chi connectivity index (χ2n) is 4.65. The zero-order valence-corrected chi connectivity index (χ0v) is 11.1. The third-order valence-electron chi connectivity index (χ3n) is 2.60. The van der Waals surface area contributed by atoms with Gasteiger partial charge < -0.3 is 15.2 Å². The fourth-order valence-electron chi connectivity index (χ4n) is 1.55. The van der Waals surface area contributed by atoms with E-state index >= 15 is 0 Å². The van der Waals surface area contributed by atoms with E-state index in [1.54, 1.807) is 18.4 Å². The Balaban J connectivity index is 2.35. The molecule has 0 aliphatic rings. The lowest BCUT2D eigenvalue weighted by molar-refractivity contribution is 0.207. The zero-order chi connectivity index (χ0) is 12.0. The second-order valence-corrected chi connectivity index (χ2v) is 5.65. The highest BCUT2D eigenvalue weighted by Crippen LogP contribution is 2.24.